The van der Waals surface area contributed by atoms with Gasteiger partial charge in [-0.3, -0.25) is 0 Å². The minimum atomic E-state index is -0.885. The van der Waals surface area contributed by atoms with Gasteiger partial charge in [0.25, 0.3) is 0 Å². The maximum Gasteiger partial charge on any atom is 0.326 e. The number of carbonyl (C=O) groups excluding carboxylic acids is 1. The summed E-state index contributed by atoms with van der Waals surface area (Å²) in [5.41, 5.74) is 0. The van der Waals surface area contributed by atoms with Crippen LogP contribution in [0.2, 0.25) is 0 Å². The van der Waals surface area contributed by atoms with Crippen LogP contribution < -0.4 is 5.32 Å². The summed E-state index contributed by atoms with van der Waals surface area (Å²) in [6.07, 6.45) is 6.13. The lowest BCUT2D eigenvalue weighted by atomic mass is 9.91. The van der Waals surface area contributed by atoms with Gasteiger partial charge in [0.2, 0.25) is 0 Å². The Labute approximate surface area is 108 Å². The second-order valence-electron chi connectivity index (χ2n) is 5.53. The number of hydrogen-bond acceptors (Lipinski definition) is 2. The molecule has 1 aliphatic heterocycles. The molecule has 0 spiro atoms. The number of aliphatic carboxylic acids is 1. The molecule has 2 unspecified atom stereocenters. The van der Waals surface area contributed by atoms with Gasteiger partial charge in [0, 0.05) is 12.6 Å². The van der Waals surface area contributed by atoms with Gasteiger partial charge in [0.15, 0.2) is 0 Å². The van der Waals surface area contributed by atoms with Gasteiger partial charge in [0.05, 0.1) is 0 Å². The standard InChI is InChI=1S/C13H22N2O3/c1-9-5-4-8-15(11(9)12(16)17)13(18)14-10-6-2-3-7-10/h9-11H,2-8H2,1H3,(H,14,18)(H,16,17). The number of hydrogen-bond donors (Lipinski definition) is 2. The van der Waals surface area contributed by atoms with E-state index in [-0.39, 0.29) is 18.0 Å². The lowest BCUT2D eigenvalue weighted by Gasteiger charge is -2.37. The van der Waals surface area contributed by atoms with E-state index in [9.17, 15) is 14.7 Å². The molecule has 1 saturated carbocycles. The summed E-state index contributed by atoms with van der Waals surface area (Å²) >= 11 is 0. The van der Waals surface area contributed by atoms with Crippen molar-refractivity contribution in [2.24, 2.45) is 5.92 Å². The van der Waals surface area contributed by atoms with Gasteiger partial charge < -0.3 is 15.3 Å². The Kier molecular flexibility index (Phi) is 4.09. The van der Waals surface area contributed by atoms with Crippen LogP contribution in [-0.2, 0) is 4.79 Å². The molecule has 0 aromatic heterocycles. The zero-order valence-corrected chi connectivity index (χ0v) is 10.9. The summed E-state index contributed by atoms with van der Waals surface area (Å²) in [5, 5.41) is 12.2. The van der Waals surface area contributed by atoms with Crippen molar-refractivity contribution < 1.29 is 14.7 Å². The van der Waals surface area contributed by atoms with Gasteiger partial charge in [-0.2, -0.15) is 0 Å². The number of rotatable bonds is 2. The van der Waals surface area contributed by atoms with Crippen LogP contribution in [0.4, 0.5) is 4.79 Å². The van der Waals surface area contributed by atoms with Crippen molar-refractivity contribution in [2.75, 3.05) is 6.54 Å². The summed E-state index contributed by atoms with van der Waals surface area (Å²) in [4.78, 5) is 25.0. The van der Waals surface area contributed by atoms with E-state index in [0.29, 0.717) is 6.54 Å². The number of amides is 2. The third-order valence-electron chi connectivity index (χ3n) is 4.13. The summed E-state index contributed by atoms with van der Waals surface area (Å²) in [6, 6.07) is -0.620. The van der Waals surface area contributed by atoms with Crippen molar-refractivity contribution in [3.8, 4) is 0 Å². The minimum Gasteiger partial charge on any atom is -0.480 e. The van der Waals surface area contributed by atoms with Crippen molar-refractivity contribution in [3.63, 3.8) is 0 Å². The largest absolute Gasteiger partial charge is 0.480 e. The highest BCUT2D eigenvalue weighted by Crippen LogP contribution is 2.24. The van der Waals surface area contributed by atoms with Gasteiger partial charge in [-0.25, -0.2) is 9.59 Å². The molecule has 2 aliphatic rings. The molecular weight excluding hydrogens is 232 g/mol. The van der Waals surface area contributed by atoms with Gasteiger partial charge in [-0.15, -0.1) is 0 Å². The average Bonchev–Trinajstić information content (AvgIpc) is 2.80. The molecule has 1 aliphatic carbocycles. The number of carboxylic acid groups (broad SMARTS) is 1. The number of likely N-dealkylation sites (tertiary alicyclic amines) is 1. The third kappa shape index (κ3) is 2.76. The molecule has 0 bridgehead atoms. The predicted octanol–water partition coefficient (Wildman–Crippen LogP) is 1.82. The Morgan fingerprint density at radius 1 is 1.17 bits per heavy atom. The van der Waals surface area contributed by atoms with Crippen molar-refractivity contribution >= 4 is 12.0 Å². The van der Waals surface area contributed by atoms with Crippen molar-refractivity contribution in [1.29, 1.82) is 0 Å². The summed E-state index contributed by atoms with van der Waals surface area (Å²) in [7, 11) is 0. The topological polar surface area (TPSA) is 69.6 Å². The third-order valence-corrected chi connectivity index (χ3v) is 4.13. The smallest absolute Gasteiger partial charge is 0.326 e. The van der Waals surface area contributed by atoms with Gasteiger partial charge in [-0.1, -0.05) is 19.8 Å². The molecule has 2 atom stereocenters. The zero-order valence-electron chi connectivity index (χ0n) is 10.9. The summed E-state index contributed by atoms with van der Waals surface area (Å²) < 4.78 is 0. The molecule has 2 amide bonds. The molecule has 2 fully saturated rings. The molecule has 0 aromatic carbocycles. The molecule has 0 radical (unpaired) electrons. The number of nitrogens with zero attached hydrogens (tertiary/aromatic N) is 1. The highest BCUT2D eigenvalue weighted by molar-refractivity contribution is 5.83. The van der Waals surface area contributed by atoms with Crippen molar-refractivity contribution in [2.45, 2.75) is 57.5 Å². The highest BCUT2D eigenvalue weighted by Gasteiger charge is 2.37. The van der Waals surface area contributed by atoms with E-state index < -0.39 is 12.0 Å². The Balaban J connectivity index is 1.99. The van der Waals surface area contributed by atoms with E-state index in [0.717, 1.165) is 38.5 Å². The van der Waals surface area contributed by atoms with Crippen LogP contribution in [0.15, 0.2) is 0 Å². The van der Waals surface area contributed by atoms with E-state index in [1.54, 1.807) is 0 Å². The van der Waals surface area contributed by atoms with Crippen molar-refractivity contribution in [3.05, 3.63) is 0 Å². The number of piperidine rings is 1. The fourth-order valence-electron chi connectivity index (χ4n) is 3.12. The maximum atomic E-state index is 12.2. The molecule has 1 saturated heterocycles. The number of nitrogens with one attached hydrogen (secondary N) is 1. The quantitative estimate of drug-likeness (QED) is 0.789. The van der Waals surface area contributed by atoms with Crippen molar-refractivity contribution in [1.82, 2.24) is 10.2 Å². The lowest BCUT2D eigenvalue weighted by Crippen LogP contribution is -2.56. The minimum absolute atomic E-state index is 0.0329. The first kappa shape index (κ1) is 13.2. The molecule has 102 valence electrons. The van der Waals surface area contributed by atoms with Gasteiger partial charge in [-0.05, 0) is 31.6 Å². The van der Waals surface area contributed by atoms with Gasteiger partial charge in [0.1, 0.15) is 6.04 Å². The maximum absolute atomic E-state index is 12.2. The summed E-state index contributed by atoms with van der Waals surface area (Å²) in [5.74, 6) is -0.852. The first-order valence-corrected chi connectivity index (χ1v) is 6.89. The molecule has 2 N–H and O–H groups in total. The number of urea groups is 1. The average molecular weight is 254 g/mol. The molecule has 18 heavy (non-hydrogen) atoms. The molecule has 1 heterocycles. The predicted molar refractivity (Wildman–Crippen MR) is 67.3 cm³/mol. The van der Waals surface area contributed by atoms with Crippen LogP contribution in [0.1, 0.15) is 45.4 Å². The number of carbonyl (C=O) groups is 2. The Hall–Kier alpha value is -1.26. The normalized spacial score (nSPS) is 29.3. The second-order valence-corrected chi connectivity index (χ2v) is 5.53. The molecule has 0 aromatic rings. The monoisotopic (exact) mass is 254 g/mol. The Bertz CT molecular complexity index is 326. The Morgan fingerprint density at radius 2 is 1.83 bits per heavy atom. The van der Waals surface area contributed by atoms with Crippen LogP contribution in [0, 0.1) is 5.92 Å². The van der Waals surface area contributed by atoms with Crippen LogP contribution in [-0.4, -0.2) is 40.6 Å². The van der Waals surface area contributed by atoms with E-state index in [1.165, 1.54) is 4.90 Å². The fourth-order valence-corrected chi connectivity index (χ4v) is 3.12. The number of carboxylic acids is 1. The SMILES string of the molecule is CC1CCCN(C(=O)NC2CCCC2)C1C(=O)O. The van der Waals surface area contributed by atoms with Crippen LogP contribution in [0.3, 0.4) is 0 Å². The fraction of sp³-hybridized carbons (Fsp3) is 0.846. The molecule has 2 rings (SSSR count). The highest BCUT2D eigenvalue weighted by atomic mass is 16.4. The lowest BCUT2D eigenvalue weighted by molar-refractivity contribution is -0.145. The van der Waals surface area contributed by atoms with E-state index in [2.05, 4.69) is 5.32 Å². The van der Waals surface area contributed by atoms with Crippen LogP contribution in [0.25, 0.3) is 0 Å². The molecular formula is C13H22N2O3. The first-order chi connectivity index (χ1) is 8.59. The van der Waals surface area contributed by atoms with E-state index in [1.807, 2.05) is 6.92 Å². The van der Waals surface area contributed by atoms with Gasteiger partial charge >= 0.3 is 12.0 Å². The summed E-state index contributed by atoms with van der Waals surface area (Å²) in [6.45, 7) is 2.47. The Morgan fingerprint density at radius 3 is 2.44 bits per heavy atom. The van der Waals surface area contributed by atoms with E-state index >= 15 is 0 Å². The zero-order chi connectivity index (χ0) is 13.1. The first-order valence-electron chi connectivity index (χ1n) is 6.89. The second kappa shape index (κ2) is 5.59. The van der Waals surface area contributed by atoms with Crippen LogP contribution in [0.5, 0.6) is 0 Å². The molecule has 5 heteroatoms. The van der Waals surface area contributed by atoms with Crippen LogP contribution >= 0.6 is 0 Å². The molecule has 5 nitrogen and oxygen atoms in total. The van der Waals surface area contributed by atoms with E-state index in [4.69, 9.17) is 0 Å².